The Balaban J connectivity index is 1.54. The van der Waals surface area contributed by atoms with Gasteiger partial charge in [0.1, 0.15) is 0 Å². The van der Waals surface area contributed by atoms with Crippen LogP contribution >= 0.6 is 11.6 Å². The number of aromatic nitrogens is 1. The number of hydrogen-bond acceptors (Lipinski definition) is 3. The van der Waals surface area contributed by atoms with Crippen molar-refractivity contribution in [1.82, 2.24) is 10.3 Å². The van der Waals surface area contributed by atoms with Gasteiger partial charge in [0.05, 0.1) is 17.2 Å². The summed E-state index contributed by atoms with van der Waals surface area (Å²) < 4.78 is 0. The van der Waals surface area contributed by atoms with Crippen LogP contribution < -0.4 is 5.32 Å². The highest BCUT2D eigenvalue weighted by molar-refractivity contribution is 6.31. The molecular weight excluding hydrogens is 408 g/mol. The molecule has 0 radical (unpaired) electrons. The Labute approximate surface area is 187 Å². The Kier molecular flexibility index (Phi) is 6.66. The van der Waals surface area contributed by atoms with Crippen molar-refractivity contribution in [3.63, 3.8) is 0 Å². The van der Waals surface area contributed by atoms with Crippen LogP contribution in [0.25, 0.3) is 11.1 Å². The molecule has 1 heterocycles. The first-order chi connectivity index (χ1) is 15.1. The van der Waals surface area contributed by atoms with Gasteiger partial charge in [-0.2, -0.15) is 0 Å². The van der Waals surface area contributed by atoms with Crippen LogP contribution in [0.3, 0.4) is 0 Å². The van der Waals surface area contributed by atoms with E-state index in [0.717, 1.165) is 42.4 Å². The lowest BCUT2D eigenvalue weighted by molar-refractivity contribution is 0.0717. The Hall–Kier alpha value is -3.13. The third-order valence-electron chi connectivity index (χ3n) is 5.46. The number of amides is 1. The lowest BCUT2D eigenvalue weighted by atomic mass is 9.92. The van der Waals surface area contributed by atoms with E-state index in [1.165, 1.54) is 0 Å². The lowest BCUT2D eigenvalue weighted by Gasteiger charge is -2.28. The standard InChI is InChI=1S/C26H23ClN2O2/c27-23-13-12-21(26(31)29-24-8-4-5-9-25(24)30)15-20(23)11-10-18-14-22(17-28-16-18)19-6-2-1-3-7-19/h1-3,6-7,12-17,24-25,30H,4-5,8-9H2,(H,29,31)/t24-,25-/m0/s1. The SMILES string of the molecule is O=C(N[C@H]1CCCC[C@@H]1O)c1ccc(Cl)c(C#Cc2cncc(-c3ccccc3)c2)c1. The predicted molar refractivity (Wildman–Crippen MR) is 123 cm³/mol. The molecule has 1 saturated carbocycles. The molecule has 156 valence electrons. The maximum atomic E-state index is 12.7. The van der Waals surface area contributed by atoms with Gasteiger partial charge in [0.25, 0.3) is 5.91 Å². The Morgan fingerprint density at radius 2 is 1.81 bits per heavy atom. The van der Waals surface area contributed by atoms with Crippen molar-refractivity contribution in [2.75, 3.05) is 0 Å². The van der Waals surface area contributed by atoms with Gasteiger partial charge in [-0.15, -0.1) is 0 Å². The second-order valence-electron chi connectivity index (χ2n) is 7.70. The average Bonchev–Trinajstić information content (AvgIpc) is 2.81. The van der Waals surface area contributed by atoms with Crippen molar-refractivity contribution in [3.05, 3.63) is 88.7 Å². The van der Waals surface area contributed by atoms with Crippen molar-refractivity contribution in [2.45, 2.75) is 37.8 Å². The van der Waals surface area contributed by atoms with Gasteiger partial charge in [0, 0.05) is 34.6 Å². The van der Waals surface area contributed by atoms with E-state index in [1.54, 1.807) is 30.6 Å². The highest BCUT2D eigenvalue weighted by Crippen LogP contribution is 2.21. The molecule has 1 aliphatic carbocycles. The van der Waals surface area contributed by atoms with Crippen LogP contribution in [0.5, 0.6) is 0 Å². The molecule has 4 rings (SSSR count). The Bertz CT molecular complexity index is 1130. The van der Waals surface area contributed by atoms with E-state index in [4.69, 9.17) is 11.6 Å². The molecule has 0 aliphatic heterocycles. The summed E-state index contributed by atoms with van der Waals surface area (Å²) in [5.41, 5.74) is 3.86. The van der Waals surface area contributed by atoms with Crippen molar-refractivity contribution in [1.29, 1.82) is 0 Å². The van der Waals surface area contributed by atoms with Gasteiger partial charge in [-0.1, -0.05) is 66.6 Å². The van der Waals surface area contributed by atoms with Crippen LogP contribution in [-0.2, 0) is 0 Å². The number of hydrogen-bond donors (Lipinski definition) is 2. The molecule has 0 spiro atoms. The number of rotatable bonds is 3. The molecule has 1 aliphatic rings. The van der Waals surface area contributed by atoms with Crippen LogP contribution in [0.1, 0.15) is 47.2 Å². The summed E-state index contributed by atoms with van der Waals surface area (Å²) in [6.07, 6.45) is 6.53. The highest BCUT2D eigenvalue weighted by atomic mass is 35.5. The van der Waals surface area contributed by atoms with Gasteiger partial charge in [0.2, 0.25) is 0 Å². The minimum Gasteiger partial charge on any atom is -0.391 e. The number of aliphatic hydroxyl groups excluding tert-OH is 1. The van der Waals surface area contributed by atoms with Gasteiger partial charge in [-0.25, -0.2) is 0 Å². The molecule has 2 aromatic carbocycles. The first-order valence-corrected chi connectivity index (χ1v) is 10.8. The van der Waals surface area contributed by atoms with Crippen molar-refractivity contribution in [3.8, 4) is 23.0 Å². The van der Waals surface area contributed by atoms with Gasteiger partial charge in [-0.3, -0.25) is 9.78 Å². The highest BCUT2D eigenvalue weighted by Gasteiger charge is 2.24. The zero-order valence-electron chi connectivity index (χ0n) is 17.0. The molecule has 1 amide bonds. The Morgan fingerprint density at radius 1 is 1.00 bits per heavy atom. The minimum absolute atomic E-state index is 0.210. The van der Waals surface area contributed by atoms with E-state index in [1.807, 2.05) is 36.4 Å². The molecule has 0 bridgehead atoms. The summed E-state index contributed by atoms with van der Waals surface area (Å²) in [6.45, 7) is 0. The molecule has 4 nitrogen and oxygen atoms in total. The maximum Gasteiger partial charge on any atom is 0.251 e. The largest absolute Gasteiger partial charge is 0.391 e. The quantitative estimate of drug-likeness (QED) is 0.585. The molecule has 31 heavy (non-hydrogen) atoms. The summed E-state index contributed by atoms with van der Waals surface area (Å²) in [4.78, 5) is 17.0. The third kappa shape index (κ3) is 5.32. The fraction of sp³-hybridized carbons (Fsp3) is 0.231. The van der Waals surface area contributed by atoms with Crippen LogP contribution in [0.2, 0.25) is 5.02 Å². The summed E-state index contributed by atoms with van der Waals surface area (Å²) in [6, 6.07) is 16.8. The van der Waals surface area contributed by atoms with Crippen LogP contribution in [0.4, 0.5) is 0 Å². The monoisotopic (exact) mass is 430 g/mol. The molecule has 1 aromatic heterocycles. The zero-order chi connectivity index (χ0) is 21.6. The van der Waals surface area contributed by atoms with Crippen LogP contribution in [0, 0.1) is 11.8 Å². The second-order valence-corrected chi connectivity index (χ2v) is 8.11. The smallest absolute Gasteiger partial charge is 0.251 e. The van der Waals surface area contributed by atoms with E-state index in [2.05, 4.69) is 22.1 Å². The normalized spacial score (nSPS) is 18.0. The van der Waals surface area contributed by atoms with Gasteiger partial charge < -0.3 is 10.4 Å². The fourth-order valence-electron chi connectivity index (χ4n) is 3.73. The maximum absolute atomic E-state index is 12.7. The summed E-state index contributed by atoms with van der Waals surface area (Å²) in [5, 5.41) is 13.5. The molecule has 0 saturated heterocycles. The van der Waals surface area contributed by atoms with E-state index in [0.29, 0.717) is 16.1 Å². The summed E-state index contributed by atoms with van der Waals surface area (Å²) in [7, 11) is 0. The summed E-state index contributed by atoms with van der Waals surface area (Å²) in [5.74, 6) is 5.94. The summed E-state index contributed by atoms with van der Waals surface area (Å²) >= 11 is 6.32. The van der Waals surface area contributed by atoms with Crippen LogP contribution in [-0.4, -0.2) is 28.1 Å². The molecular formula is C26H23ClN2O2. The molecule has 0 unspecified atom stereocenters. The van der Waals surface area contributed by atoms with Crippen molar-refractivity contribution in [2.24, 2.45) is 0 Å². The number of benzene rings is 2. The number of aliphatic hydroxyl groups is 1. The number of carbonyl (C=O) groups is 1. The number of pyridine rings is 1. The Morgan fingerprint density at radius 3 is 2.61 bits per heavy atom. The van der Waals surface area contributed by atoms with Gasteiger partial charge in [-0.05, 0) is 42.7 Å². The molecule has 2 N–H and O–H groups in total. The lowest BCUT2D eigenvalue weighted by Crippen LogP contribution is -2.45. The third-order valence-corrected chi connectivity index (χ3v) is 5.79. The van der Waals surface area contributed by atoms with Crippen LogP contribution in [0.15, 0.2) is 67.0 Å². The molecule has 5 heteroatoms. The number of halogens is 1. The van der Waals surface area contributed by atoms with Crippen molar-refractivity contribution >= 4 is 17.5 Å². The zero-order valence-corrected chi connectivity index (χ0v) is 17.8. The van der Waals surface area contributed by atoms with E-state index < -0.39 is 6.10 Å². The predicted octanol–water partition coefficient (Wildman–Crippen LogP) is 4.84. The van der Waals surface area contributed by atoms with E-state index >= 15 is 0 Å². The first-order valence-electron chi connectivity index (χ1n) is 10.4. The number of nitrogens with zero attached hydrogens (tertiary/aromatic N) is 1. The fourth-order valence-corrected chi connectivity index (χ4v) is 3.89. The first kappa shape index (κ1) is 21.1. The van der Waals surface area contributed by atoms with Gasteiger partial charge >= 0.3 is 0 Å². The molecule has 1 fully saturated rings. The molecule has 2 atom stereocenters. The van der Waals surface area contributed by atoms with E-state index in [9.17, 15) is 9.90 Å². The molecule has 3 aromatic rings. The average molecular weight is 431 g/mol. The number of nitrogens with one attached hydrogen (secondary N) is 1. The van der Waals surface area contributed by atoms with Crippen molar-refractivity contribution < 1.29 is 9.90 Å². The second kappa shape index (κ2) is 9.78. The van der Waals surface area contributed by atoms with Gasteiger partial charge in [0.15, 0.2) is 0 Å². The minimum atomic E-state index is -0.492. The topological polar surface area (TPSA) is 62.2 Å². The number of carbonyl (C=O) groups excluding carboxylic acids is 1. The van der Waals surface area contributed by atoms with E-state index in [-0.39, 0.29) is 11.9 Å².